The number of benzene rings is 4. The Labute approximate surface area is 222 Å². The van der Waals surface area contributed by atoms with Crippen LogP contribution in [-0.4, -0.2) is 9.97 Å². The van der Waals surface area contributed by atoms with Crippen LogP contribution < -0.4 is 0 Å². The molecule has 0 spiro atoms. The Kier molecular flexibility index (Phi) is 5.48. The van der Waals surface area contributed by atoms with Crippen molar-refractivity contribution in [1.29, 1.82) is 0 Å². The SMILES string of the molecule is CC1C=Cc2c(oc3ccccc23)C1c1cccc(-c2nc(-c3ccccc3)cc(-c3ccccc3)n2)c1. The highest BCUT2D eigenvalue weighted by Gasteiger charge is 2.30. The first kappa shape index (κ1) is 22.4. The lowest BCUT2D eigenvalue weighted by Gasteiger charge is -2.24. The quantitative estimate of drug-likeness (QED) is 0.247. The van der Waals surface area contributed by atoms with E-state index in [1.165, 1.54) is 16.5 Å². The Morgan fingerprint density at radius 3 is 1.97 bits per heavy atom. The Morgan fingerprint density at radius 1 is 0.632 bits per heavy atom. The van der Waals surface area contributed by atoms with Crippen molar-refractivity contribution in [3.8, 4) is 33.9 Å². The van der Waals surface area contributed by atoms with Gasteiger partial charge in [0, 0.05) is 33.6 Å². The van der Waals surface area contributed by atoms with Crippen LogP contribution in [0.5, 0.6) is 0 Å². The van der Waals surface area contributed by atoms with Gasteiger partial charge in [0.05, 0.1) is 11.4 Å². The molecule has 2 atom stereocenters. The van der Waals surface area contributed by atoms with Crippen molar-refractivity contribution < 1.29 is 4.42 Å². The number of hydrogen-bond acceptors (Lipinski definition) is 3. The standard InChI is InChI=1S/C35H26N2O/c1-23-19-20-29-28-17-8-9-18-32(28)38-34(29)33(23)26-15-10-16-27(21-26)35-36-30(24-11-4-2-5-12-24)22-31(37-35)25-13-6-3-7-14-25/h2-23,33H,1H3. The molecule has 38 heavy (non-hydrogen) atoms. The van der Waals surface area contributed by atoms with E-state index in [0.29, 0.717) is 5.92 Å². The van der Waals surface area contributed by atoms with Gasteiger partial charge in [0.1, 0.15) is 11.3 Å². The van der Waals surface area contributed by atoms with Gasteiger partial charge in [0.15, 0.2) is 5.82 Å². The first-order valence-electron chi connectivity index (χ1n) is 13.0. The van der Waals surface area contributed by atoms with Crippen molar-refractivity contribution in [1.82, 2.24) is 9.97 Å². The summed E-state index contributed by atoms with van der Waals surface area (Å²) in [5.74, 6) is 2.17. The molecule has 2 unspecified atom stereocenters. The third-order valence-electron chi connectivity index (χ3n) is 7.41. The second-order valence-corrected chi connectivity index (χ2v) is 9.89. The minimum atomic E-state index is 0.119. The molecule has 0 amide bonds. The molecule has 2 aromatic heterocycles. The smallest absolute Gasteiger partial charge is 0.160 e. The van der Waals surface area contributed by atoms with Crippen LogP contribution in [0.4, 0.5) is 0 Å². The van der Waals surface area contributed by atoms with E-state index in [1.807, 2.05) is 48.5 Å². The van der Waals surface area contributed by atoms with Gasteiger partial charge in [-0.15, -0.1) is 0 Å². The summed E-state index contributed by atoms with van der Waals surface area (Å²) in [6, 6.07) is 39.6. The number of rotatable bonds is 4. The Hall–Kier alpha value is -4.76. The van der Waals surface area contributed by atoms with Gasteiger partial charge >= 0.3 is 0 Å². The van der Waals surface area contributed by atoms with Crippen molar-refractivity contribution >= 4 is 17.0 Å². The van der Waals surface area contributed by atoms with E-state index in [2.05, 4.69) is 85.8 Å². The molecule has 3 nitrogen and oxygen atoms in total. The van der Waals surface area contributed by atoms with E-state index < -0.39 is 0 Å². The number of nitrogens with zero attached hydrogens (tertiary/aromatic N) is 2. The van der Waals surface area contributed by atoms with Gasteiger partial charge in [-0.1, -0.05) is 116 Å². The first-order valence-corrected chi connectivity index (χ1v) is 13.0. The fourth-order valence-corrected chi connectivity index (χ4v) is 5.50. The molecule has 0 fully saturated rings. The molecule has 3 heteroatoms. The number of fused-ring (bicyclic) bond motifs is 3. The summed E-state index contributed by atoms with van der Waals surface area (Å²) in [4.78, 5) is 10.1. The van der Waals surface area contributed by atoms with Crippen molar-refractivity contribution in [2.24, 2.45) is 5.92 Å². The van der Waals surface area contributed by atoms with Crippen LogP contribution in [0.25, 0.3) is 50.9 Å². The van der Waals surface area contributed by atoms with Crippen LogP contribution in [0, 0.1) is 5.92 Å². The third-order valence-corrected chi connectivity index (χ3v) is 7.41. The third kappa shape index (κ3) is 3.93. The average molecular weight is 491 g/mol. The van der Waals surface area contributed by atoms with Gasteiger partial charge in [0.25, 0.3) is 0 Å². The van der Waals surface area contributed by atoms with Crippen LogP contribution in [0.3, 0.4) is 0 Å². The molecule has 1 aliphatic rings. The fourth-order valence-electron chi connectivity index (χ4n) is 5.50. The summed E-state index contributed by atoms with van der Waals surface area (Å²) in [5, 5.41) is 1.17. The number of furan rings is 1. The zero-order valence-electron chi connectivity index (χ0n) is 21.1. The molecule has 2 heterocycles. The lowest BCUT2D eigenvalue weighted by molar-refractivity contribution is 0.469. The highest BCUT2D eigenvalue weighted by Crippen LogP contribution is 2.44. The molecule has 6 aromatic rings. The van der Waals surface area contributed by atoms with Crippen LogP contribution in [-0.2, 0) is 0 Å². The van der Waals surface area contributed by atoms with E-state index >= 15 is 0 Å². The molecule has 0 saturated carbocycles. The zero-order chi connectivity index (χ0) is 25.5. The molecule has 182 valence electrons. The summed E-state index contributed by atoms with van der Waals surface area (Å²) in [5.41, 5.74) is 8.28. The lowest BCUT2D eigenvalue weighted by Crippen LogP contribution is -2.13. The van der Waals surface area contributed by atoms with Crippen molar-refractivity contribution in [3.05, 3.63) is 138 Å². The number of allylic oxidation sites excluding steroid dienone is 1. The monoisotopic (exact) mass is 490 g/mol. The van der Waals surface area contributed by atoms with Gasteiger partial charge in [-0.3, -0.25) is 0 Å². The van der Waals surface area contributed by atoms with E-state index in [4.69, 9.17) is 14.4 Å². The number of aromatic nitrogens is 2. The van der Waals surface area contributed by atoms with Gasteiger partial charge in [0.2, 0.25) is 0 Å². The molecule has 4 aromatic carbocycles. The molecule has 7 rings (SSSR count). The molecule has 1 aliphatic carbocycles. The molecule has 0 bridgehead atoms. The minimum absolute atomic E-state index is 0.119. The van der Waals surface area contributed by atoms with Crippen LogP contribution in [0.1, 0.15) is 29.7 Å². The maximum atomic E-state index is 6.44. The van der Waals surface area contributed by atoms with Gasteiger partial charge in [-0.05, 0) is 29.7 Å². The van der Waals surface area contributed by atoms with Crippen LogP contribution in [0.15, 0.2) is 126 Å². The maximum absolute atomic E-state index is 6.44. The molecule has 0 aliphatic heterocycles. The topological polar surface area (TPSA) is 38.9 Å². The Morgan fingerprint density at radius 2 is 1.26 bits per heavy atom. The number of para-hydroxylation sites is 1. The van der Waals surface area contributed by atoms with Gasteiger partial charge < -0.3 is 4.42 Å². The second kappa shape index (κ2) is 9.28. The largest absolute Gasteiger partial charge is 0.460 e. The second-order valence-electron chi connectivity index (χ2n) is 9.89. The number of hydrogen-bond donors (Lipinski definition) is 0. The molecular formula is C35H26N2O. The van der Waals surface area contributed by atoms with Crippen LogP contribution >= 0.6 is 0 Å². The summed E-state index contributed by atoms with van der Waals surface area (Å²) in [6.07, 6.45) is 4.51. The van der Waals surface area contributed by atoms with Crippen molar-refractivity contribution in [2.45, 2.75) is 12.8 Å². The van der Waals surface area contributed by atoms with Crippen molar-refractivity contribution in [3.63, 3.8) is 0 Å². The van der Waals surface area contributed by atoms with E-state index in [9.17, 15) is 0 Å². The minimum Gasteiger partial charge on any atom is -0.460 e. The fraction of sp³-hybridized carbons (Fsp3) is 0.0857. The Balaban J connectivity index is 1.36. The van der Waals surface area contributed by atoms with E-state index in [-0.39, 0.29) is 5.92 Å². The highest BCUT2D eigenvalue weighted by molar-refractivity contribution is 5.89. The molecule has 0 N–H and O–H groups in total. The molecule has 0 radical (unpaired) electrons. The summed E-state index contributed by atoms with van der Waals surface area (Å²) >= 11 is 0. The Bertz CT molecular complexity index is 1730. The van der Waals surface area contributed by atoms with Gasteiger partial charge in [-0.2, -0.15) is 0 Å². The van der Waals surface area contributed by atoms with Crippen LogP contribution in [0.2, 0.25) is 0 Å². The highest BCUT2D eigenvalue weighted by atomic mass is 16.3. The maximum Gasteiger partial charge on any atom is 0.160 e. The summed E-state index contributed by atoms with van der Waals surface area (Å²) in [6.45, 7) is 2.25. The van der Waals surface area contributed by atoms with E-state index in [1.54, 1.807) is 0 Å². The zero-order valence-corrected chi connectivity index (χ0v) is 21.1. The molecular weight excluding hydrogens is 464 g/mol. The summed E-state index contributed by atoms with van der Waals surface area (Å²) in [7, 11) is 0. The predicted molar refractivity (Wildman–Crippen MR) is 155 cm³/mol. The summed E-state index contributed by atoms with van der Waals surface area (Å²) < 4.78 is 6.44. The molecule has 0 saturated heterocycles. The van der Waals surface area contributed by atoms with Crippen molar-refractivity contribution in [2.75, 3.05) is 0 Å². The predicted octanol–water partition coefficient (Wildman–Crippen LogP) is 9.02. The van der Waals surface area contributed by atoms with Gasteiger partial charge in [-0.25, -0.2) is 9.97 Å². The average Bonchev–Trinajstić information content (AvgIpc) is 3.36. The van der Waals surface area contributed by atoms with E-state index in [0.717, 1.165) is 45.2 Å². The lowest BCUT2D eigenvalue weighted by atomic mass is 9.79. The first-order chi connectivity index (χ1) is 18.7. The normalized spacial score (nSPS) is 16.4.